The zero-order valence-corrected chi connectivity index (χ0v) is 17.3. The standard InChI is InChI=1S/C23H28N4O2/c1-22(2)7-6-16-19(12-22)25-26-20(16)18-10-14-4-5-15(11-17(14)24-18)27-9-8-23(3,13-28)21(27)29/h4-5,10-11,24,28H,6-9,12-13H2,1-3H3,(H,25,26). The molecule has 1 saturated heterocycles. The van der Waals surface area contributed by atoms with Crippen molar-refractivity contribution in [3.05, 3.63) is 35.5 Å². The van der Waals surface area contributed by atoms with Crippen LogP contribution in [-0.2, 0) is 17.6 Å². The van der Waals surface area contributed by atoms with Gasteiger partial charge in [0.25, 0.3) is 0 Å². The van der Waals surface area contributed by atoms with E-state index in [0.717, 1.165) is 47.2 Å². The lowest BCUT2D eigenvalue weighted by Gasteiger charge is -2.28. The van der Waals surface area contributed by atoms with E-state index in [-0.39, 0.29) is 12.5 Å². The van der Waals surface area contributed by atoms with Crippen molar-refractivity contribution in [2.24, 2.45) is 10.8 Å². The summed E-state index contributed by atoms with van der Waals surface area (Å²) in [5.41, 5.74) is 6.12. The molecule has 3 N–H and O–H groups in total. The summed E-state index contributed by atoms with van der Waals surface area (Å²) in [6.45, 7) is 6.98. The molecule has 1 aliphatic heterocycles. The first kappa shape index (κ1) is 18.4. The van der Waals surface area contributed by atoms with Gasteiger partial charge in [0.05, 0.1) is 17.7 Å². The Morgan fingerprint density at radius 3 is 2.79 bits per heavy atom. The van der Waals surface area contributed by atoms with E-state index in [1.165, 1.54) is 11.3 Å². The van der Waals surface area contributed by atoms with Crippen molar-refractivity contribution in [2.75, 3.05) is 18.1 Å². The van der Waals surface area contributed by atoms with Crippen molar-refractivity contribution in [3.63, 3.8) is 0 Å². The highest BCUT2D eigenvalue weighted by molar-refractivity contribution is 6.01. The molecule has 2 aromatic heterocycles. The molecule has 0 saturated carbocycles. The summed E-state index contributed by atoms with van der Waals surface area (Å²) < 4.78 is 0. The maximum absolute atomic E-state index is 12.7. The van der Waals surface area contributed by atoms with E-state index in [1.807, 2.05) is 19.1 Å². The summed E-state index contributed by atoms with van der Waals surface area (Å²) in [4.78, 5) is 18.0. The number of anilines is 1. The number of nitrogens with one attached hydrogen (secondary N) is 2. The third-order valence-electron chi connectivity index (χ3n) is 6.83. The van der Waals surface area contributed by atoms with Gasteiger partial charge in [0.15, 0.2) is 0 Å². The van der Waals surface area contributed by atoms with Crippen LogP contribution in [0.1, 0.15) is 44.9 Å². The van der Waals surface area contributed by atoms with Gasteiger partial charge >= 0.3 is 0 Å². The van der Waals surface area contributed by atoms with Crippen LogP contribution in [0.25, 0.3) is 22.3 Å². The second-order valence-electron chi connectivity index (χ2n) is 9.75. The third kappa shape index (κ3) is 2.89. The summed E-state index contributed by atoms with van der Waals surface area (Å²) in [5.74, 6) is -0.00452. The number of hydrogen-bond donors (Lipinski definition) is 3. The third-order valence-corrected chi connectivity index (χ3v) is 6.83. The first-order chi connectivity index (χ1) is 13.8. The second-order valence-corrected chi connectivity index (χ2v) is 9.75. The van der Waals surface area contributed by atoms with Gasteiger partial charge in [0.2, 0.25) is 5.91 Å². The quantitative estimate of drug-likeness (QED) is 0.634. The Hall–Kier alpha value is -2.60. The fraction of sp³-hybridized carbons (Fsp3) is 0.478. The van der Waals surface area contributed by atoms with E-state index >= 15 is 0 Å². The van der Waals surface area contributed by atoms with Gasteiger partial charge in [-0.2, -0.15) is 5.10 Å². The van der Waals surface area contributed by atoms with Crippen molar-refractivity contribution in [2.45, 2.75) is 46.5 Å². The van der Waals surface area contributed by atoms with Crippen LogP contribution in [0.2, 0.25) is 0 Å². The molecule has 5 rings (SSSR count). The Morgan fingerprint density at radius 2 is 2.03 bits per heavy atom. The predicted octanol–water partition coefficient (Wildman–Crippen LogP) is 3.81. The number of fused-ring (bicyclic) bond motifs is 2. The maximum Gasteiger partial charge on any atom is 0.235 e. The fourth-order valence-corrected chi connectivity index (χ4v) is 4.77. The Balaban J connectivity index is 1.49. The van der Waals surface area contributed by atoms with E-state index in [4.69, 9.17) is 0 Å². The van der Waals surface area contributed by atoms with Gasteiger partial charge in [-0.25, -0.2) is 0 Å². The summed E-state index contributed by atoms with van der Waals surface area (Å²) >= 11 is 0. The summed E-state index contributed by atoms with van der Waals surface area (Å²) in [6, 6.07) is 8.21. The minimum absolute atomic E-state index is 0.00452. The minimum Gasteiger partial charge on any atom is -0.395 e. The topological polar surface area (TPSA) is 85.0 Å². The average Bonchev–Trinajstić information content (AvgIpc) is 3.36. The fourth-order valence-electron chi connectivity index (χ4n) is 4.77. The number of carbonyl (C=O) groups excluding carboxylic acids is 1. The SMILES string of the molecule is CC1(C)CCc2c(-c3cc4ccc(N5CCC(C)(CO)C5=O)cc4[nH]3)n[nH]c2C1. The average molecular weight is 393 g/mol. The second kappa shape index (κ2) is 6.20. The van der Waals surface area contributed by atoms with E-state index in [9.17, 15) is 9.90 Å². The Morgan fingerprint density at radius 1 is 1.21 bits per heavy atom. The van der Waals surface area contributed by atoms with E-state index in [2.05, 4.69) is 41.2 Å². The predicted molar refractivity (Wildman–Crippen MR) is 114 cm³/mol. The first-order valence-electron chi connectivity index (χ1n) is 10.4. The van der Waals surface area contributed by atoms with Crippen LogP contribution >= 0.6 is 0 Å². The number of amides is 1. The Labute approximate surface area is 170 Å². The molecular weight excluding hydrogens is 364 g/mol. The molecule has 6 nitrogen and oxygen atoms in total. The largest absolute Gasteiger partial charge is 0.395 e. The lowest BCUT2D eigenvalue weighted by Crippen LogP contribution is -2.34. The summed E-state index contributed by atoms with van der Waals surface area (Å²) in [6.07, 6.45) is 3.90. The van der Waals surface area contributed by atoms with Crippen LogP contribution in [0.15, 0.2) is 24.3 Å². The number of aromatic nitrogens is 3. The van der Waals surface area contributed by atoms with Crippen molar-refractivity contribution in [1.29, 1.82) is 0 Å². The zero-order valence-electron chi connectivity index (χ0n) is 17.3. The monoisotopic (exact) mass is 392 g/mol. The summed E-state index contributed by atoms with van der Waals surface area (Å²) in [7, 11) is 0. The Bertz CT molecular complexity index is 1110. The molecule has 1 atom stereocenters. The molecule has 2 aliphatic rings. The number of benzene rings is 1. The first-order valence-corrected chi connectivity index (χ1v) is 10.4. The molecule has 1 amide bonds. The Kier molecular flexibility index (Phi) is 3.94. The molecule has 6 heteroatoms. The molecule has 1 fully saturated rings. The van der Waals surface area contributed by atoms with Crippen molar-refractivity contribution < 1.29 is 9.90 Å². The van der Waals surface area contributed by atoms with Gasteiger partial charge in [-0.3, -0.25) is 9.89 Å². The molecule has 1 unspecified atom stereocenters. The van der Waals surface area contributed by atoms with Gasteiger partial charge in [-0.15, -0.1) is 0 Å². The van der Waals surface area contributed by atoms with Crippen molar-refractivity contribution in [3.8, 4) is 11.4 Å². The molecule has 0 spiro atoms. The van der Waals surface area contributed by atoms with E-state index < -0.39 is 5.41 Å². The van der Waals surface area contributed by atoms with Crippen LogP contribution in [0.4, 0.5) is 5.69 Å². The van der Waals surface area contributed by atoms with Crippen LogP contribution in [-0.4, -0.2) is 39.3 Å². The molecule has 29 heavy (non-hydrogen) atoms. The van der Waals surface area contributed by atoms with Crippen LogP contribution in [0.3, 0.4) is 0 Å². The number of aromatic amines is 2. The molecule has 3 aromatic rings. The van der Waals surface area contributed by atoms with Crippen LogP contribution in [0, 0.1) is 10.8 Å². The highest BCUT2D eigenvalue weighted by atomic mass is 16.3. The van der Waals surface area contributed by atoms with Crippen molar-refractivity contribution >= 4 is 22.5 Å². The van der Waals surface area contributed by atoms with Gasteiger partial charge in [-0.05, 0) is 56.2 Å². The number of carbonyl (C=O) groups is 1. The number of nitrogens with zero attached hydrogens (tertiary/aromatic N) is 2. The van der Waals surface area contributed by atoms with E-state index in [0.29, 0.717) is 18.4 Å². The maximum atomic E-state index is 12.7. The molecule has 0 bridgehead atoms. The molecule has 3 heterocycles. The molecule has 152 valence electrons. The molecule has 1 aliphatic carbocycles. The lowest BCUT2D eigenvalue weighted by atomic mass is 9.76. The number of rotatable bonds is 3. The van der Waals surface area contributed by atoms with Gasteiger partial charge in [0, 0.05) is 34.4 Å². The minimum atomic E-state index is -0.669. The van der Waals surface area contributed by atoms with Crippen LogP contribution in [0.5, 0.6) is 0 Å². The lowest BCUT2D eigenvalue weighted by molar-refractivity contribution is -0.126. The summed E-state index contributed by atoms with van der Waals surface area (Å²) in [5, 5.41) is 18.6. The smallest absolute Gasteiger partial charge is 0.235 e. The number of hydrogen-bond acceptors (Lipinski definition) is 3. The van der Waals surface area contributed by atoms with Crippen molar-refractivity contribution in [1.82, 2.24) is 15.2 Å². The zero-order chi connectivity index (χ0) is 20.4. The van der Waals surface area contributed by atoms with E-state index in [1.54, 1.807) is 4.90 Å². The van der Waals surface area contributed by atoms with Gasteiger partial charge in [-0.1, -0.05) is 19.9 Å². The normalized spacial score (nSPS) is 23.7. The number of aliphatic hydroxyl groups excluding tert-OH is 1. The van der Waals surface area contributed by atoms with Crippen LogP contribution < -0.4 is 4.90 Å². The highest BCUT2D eigenvalue weighted by Crippen LogP contribution is 2.39. The molecule has 1 aromatic carbocycles. The number of H-pyrrole nitrogens is 2. The van der Waals surface area contributed by atoms with Gasteiger partial charge in [0.1, 0.15) is 5.69 Å². The molecule has 0 radical (unpaired) electrons. The number of aliphatic hydroxyl groups is 1. The molecular formula is C23H28N4O2. The highest BCUT2D eigenvalue weighted by Gasteiger charge is 2.42. The van der Waals surface area contributed by atoms with Gasteiger partial charge < -0.3 is 15.0 Å².